The maximum absolute atomic E-state index is 13.8. The van der Waals surface area contributed by atoms with Gasteiger partial charge < -0.3 is 14.6 Å². The summed E-state index contributed by atoms with van der Waals surface area (Å²) < 4.78 is 21.3. The van der Waals surface area contributed by atoms with Gasteiger partial charge in [0.1, 0.15) is 11.6 Å². The summed E-state index contributed by atoms with van der Waals surface area (Å²) in [6, 6.07) is 26.4. The van der Waals surface area contributed by atoms with Gasteiger partial charge in [-0.2, -0.15) is 0 Å². The van der Waals surface area contributed by atoms with E-state index in [2.05, 4.69) is 45.3 Å². The van der Waals surface area contributed by atoms with Gasteiger partial charge in [-0.15, -0.1) is 0 Å². The Hall–Kier alpha value is -4.45. The molecule has 2 aromatic heterocycles. The number of hydrogen-bond donors (Lipinski definition) is 1. The fraction of sp³-hybridized carbons (Fsp3) is 0.161. The number of halogens is 1. The zero-order valence-electron chi connectivity index (χ0n) is 20.6. The maximum Gasteiger partial charge on any atom is 0.221 e. The second-order valence-electron chi connectivity index (χ2n) is 9.02. The van der Waals surface area contributed by atoms with Gasteiger partial charge in [0, 0.05) is 54.9 Å². The predicted octanol–water partition coefficient (Wildman–Crippen LogP) is 6.07. The minimum Gasteiger partial charge on any atom is -0.497 e. The largest absolute Gasteiger partial charge is 0.497 e. The molecule has 6 heteroatoms. The molecule has 1 amide bonds. The number of methoxy groups -OCH3 is 1. The average molecular weight is 494 g/mol. The Bertz CT molecular complexity index is 1480. The molecule has 0 radical (unpaired) electrons. The molecular formula is C31H28FN3O2. The van der Waals surface area contributed by atoms with Crippen molar-refractivity contribution in [3.63, 3.8) is 0 Å². The van der Waals surface area contributed by atoms with Crippen LogP contribution < -0.4 is 10.1 Å². The van der Waals surface area contributed by atoms with Crippen molar-refractivity contribution in [1.29, 1.82) is 0 Å². The Balaban J connectivity index is 1.48. The molecule has 5 nitrogen and oxygen atoms in total. The molecule has 186 valence electrons. The molecule has 2 heterocycles. The van der Waals surface area contributed by atoms with Crippen molar-refractivity contribution < 1.29 is 13.9 Å². The molecule has 0 aliphatic carbocycles. The Morgan fingerprint density at radius 3 is 2.41 bits per heavy atom. The number of nitrogens with one attached hydrogen (secondary N) is 1. The summed E-state index contributed by atoms with van der Waals surface area (Å²) in [5, 5.41) is 4.10. The lowest BCUT2D eigenvalue weighted by molar-refractivity contribution is -0.121. The lowest BCUT2D eigenvalue weighted by Gasteiger charge is -2.17. The molecule has 0 aliphatic heterocycles. The van der Waals surface area contributed by atoms with Crippen molar-refractivity contribution in [2.75, 3.05) is 7.11 Å². The second kappa shape index (κ2) is 11.1. The summed E-state index contributed by atoms with van der Waals surface area (Å²) in [6.45, 7) is 1.10. The Labute approximate surface area is 215 Å². The van der Waals surface area contributed by atoms with Gasteiger partial charge in [-0.25, -0.2) is 4.39 Å². The average Bonchev–Trinajstić information content (AvgIpc) is 3.30. The van der Waals surface area contributed by atoms with Crippen molar-refractivity contribution in [2.24, 2.45) is 0 Å². The number of fused-ring (bicyclic) bond motifs is 1. The normalized spacial score (nSPS) is 11.8. The highest BCUT2D eigenvalue weighted by molar-refractivity contribution is 5.86. The molecular weight excluding hydrogens is 465 g/mol. The van der Waals surface area contributed by atoms with E-state index in [0.29, 0.717) is 13.1 Å². The van der Waals surface area contributed by atoms with Crippen LogP contribution in [0.2, 0.25) is 0 Å². The lowest BCUT2D eigenvalue weighted by atomic mass is 9.88. The molecule has 0 unspecified atom stereocenters. The molecule has 5 rings (SSSR count). The number of amides is 1. The number of nitrogens with zero attached hydrogens (tertiary/aromatic N) is 2. The first kappa shape index (κ1) is 24.3. The second-order valence-corrected chi connectivity index (χ2v) is 9.02. The van der Waals surface area contributed by atoms with E-state index in [9.17, 15) is 9.18 Å². The van der Waals surface area contributed by atoms with Crippen LogP contribution >= 0.6 is 0 Å². The van der Waals surface area contributed by atoms with Gasteiger partial charge in [0.05, 0.1) is 7.11 Å². The van der Waals surface area contributed by atoms with E-state index >= 15 is 0 Å². The van der Waals surface area contributed by atoms with Crippen LogP contribution in [0.5, 0.6) is 5.75 Å². The molecule has 3 aromatic carbocycles. The zero-order valence-corrected chi connectivity index (χ0v) is 20.6. The van der Waals surface area contributed by atoms with E-state index in [1.54, 1.807) is 31.6 Å². The molecule has 1 atom stereocenters. The first-order chi connectivity index (χ1) is 18.1. The van der Waals surface area contributed by atoms with Crippen LogP contribution in [-0.2, 0) is 17.9 Å². The van der Waals surface area contributed by atoms with Gasteiger partial charge >= 0.3 is 0 Å². The first-order valence-electron chi connectivity index (χ1n) is 12.2. The van der Waals surface area contributed by atoms with Crippen LogP contribution in [0.3, 0.4) is 0 Å². The highest BCUT2D eigenvalue weighted by atomic mass is 19.1. The van der Waals surface area contributed by atoms with Gasteiger partial charge in [0.2, 0.25) is 5.91 Å². The van der Waals surface area contributed by atoms with E-state index in [1.165, 1.54) is 12.1 Å². The molecule has 0 spiro atoms. The Morgan fingerprint density at radius 2 is 1.68 bits per heavy atom. The highest BCUT2D eigenvalue weighted by Crippen LogP contribution is 2.35. The summed E-state index contributed by atoms with van der Waals surface area (Å²) in [5.41, 5.74) is 5.14. The number of rotatable bonds is 9. The van der Waals surface area contributed by atoms with Crippen molar-refractivity contribution >= 4 is 16.8 Å². The zero-order chi connectivity index (χ0) is 25.6. The molecule has 0 saturated heterocycles. The van der Waals surface area contributed by atoms with Crippen molar-refractivity contribution in [3.8, 4) is 5.75 Å². The summed E-state index contributed by atoms with van der Waals surface area (Å²) in [4.78, 5) is 17.1. The number of benzene rings is 3. The topological polar surface area (TPSA) is 56.1 Å². The van der Waals surface area contributed by atoms with Gasteiger partial charge in [-0.3, -0.25) is 9.78 Å². The smallest absolute Gasteiger partial charge is 0.221 e. The Kier molecular flexibility index (Phi) is 7.26. The van der Waals surface area contributed by atoms with Gasteiger partial charge in [-0.1, -0.05) is 42.5 Å². The fourth-order valence-electron chi connectivity index (χ4n) is 4.67. The van der Waals surface area contributed by atoms with Gasteiger partial charge in [0.25, 0.3) is 0 Å². The fourth-order valence-corrected chi connectivity index (χ4v) is 4.67. The third-order valence-electron chi connectivity index (χ3n) is 6.61. The SMILES string of the molecule is COc1ccc(Cn2cc([C@H](CC(=O)NCc3ccncc3)c3ccc(F)cc3)c3ccccc32)cc1. The van der Waals surface area contributed by atoms with E-state index in [1.807, 2.05) is 36.4 Å². The van der Waals surface area contributed by atoms with Gasteiger partial charge in [-0.05, 0) is 64.7 Å². The Morgan fingerprint density at radius 1 is 0.946 bits per heavy atom. The molecule has 0 saturated carbocycles. The number of carbonyl (C=O) groups excluding carboxylic acids is 1. The number of para-hydroxylation sites is 1. The predicted molar refractivity (Wildman–Crippen MR) is 143 cm³/mol. The van der Waals surface area contributed by atoms with Crippen LogP contribution in [0.1, 0.15) is 34.6 Å². The third-order valence-corrected chi connectivity index (χ3v) is 6.61. The minimum atomic E-state index is -0.299. The quantitative estimate of drug-likeness (QED) is 0.271. The monoisotopic (exact) mass is 493 g/mol. The van der Waals surface area contributed by atoms with Crippen LogP contribution in [0.25, 0.3) is 10.9 Å². The summed E-state index contributed by atoms with van der Waals surface area (Å²) in [6.07, 6.45) is 5.79. The van der Waals surface area contributed by atoms with E-state index in [-0.39, 0.29) is 24.1 Å². The van der Waals surface area contributed by atoms with Crippen molar-refractivity contribution in [1.82, 2.24) is 14.9 Å². The highest BCUT2D eigenvalue weighted by Gasteiger charge is 2.23. The molecule has 0 bridgehead atoms. The van der Waals surface area contributed by atoms with E-state index < -0.39 is 0 Å². The first-order valence-corrected chi connectivity index (χ1v) is 12.2. The van der Waals surface area contributed by atoms with Gasteiger partial charge in [0.15, 0.2) is 0 Å². The molecule has 5 aromatic rings. The van der Waals surface area contributed by atoms with Crippen molar-refractivity contribution in [2.45, 2.75) is 25.4 Å². The lowest BCUT2D eigenvalue weighted by Crippen LogP contribution is -2.25. The molecule has 1 N–H and O–H groups in total. The molecule has 0 fully saturated rings. The van der Waals surface area contributed by atoms with Crippen LogP contribution in [0.15, 0.2) is 104 Å². The summed E-state index contributed by atoms with van der Waals surface area (Å²) in [5.74, 6) is 0.209. The number of aromatic nitrogens is 2. The third kappa shape index (κ3) is 5.70. The van der Waals surface area contributed by atoms with Crippen LogP contribution in [-0.4, -0.2) is 22.6 Å². The minimum absolute atomic E-state index is 0.0712. The van der Waals surface area contributed by atoms with Crippen molar-refractivity contribution in [3.05, 3.63) is 132 Å². The number of hydrogen-bond acceptors (Lipinski definition) is 3. The number of pyridine rings is 1. The maximum atomic E-state index is 13.8. The number of ether oxygens (including phenoxy) is 1. The summed E-state index contributed by atoms with van der Waals surface area (Å²) in [7, 11) is 1.66. The molecule has 37 heavy (non-hydrogen) atoms. The number of carbonyl (C=O) groups is 1. The van der Waals surface area contributed by atoms with Crippen LogP contribution in [0, 0.1) is 5.82 Å². The molecule has 0 aliphatic rings. The standard InChI is InChI=1S/C31H28FN3O2/c1-37-26-12-6-23(7-13-26)20-35-21-29(27-4-2-3-5-30(27)35)28(24-8-10-25(32)11-9-24)18-31(36)34-19-22-14-16-33-17-15-22/h2-17,21,28H,18-20H2,1H3,(H,34,36)/t28-/m1/s1. The summed E-state index contributed by atoms with van der Waals surface area (Å²) >= 11 is 0. The van der Waals surface area contributed by atoms with Crippen LogP contribution in [0.4, 0.5) is 4.39 Å². The van der Waals surface area contributed by atoms with E-state index in [4.69, 9.17) is 4.74 Å². The van der Waals surface area contributed by atoms with E-state index in [0.717, 1.165) is 38.9 Å².